The molecule has 1 aliphatic rings. The summed E-state index contributed by atoms with van der Waals surface area (Å²) in [6, 6.07) is 7.92. The molecule has 0 bridgehead atoms. The number of nitrogens with two attached hydrogens (primary N) is 1. The molecule has 13 heavy (non-hydrogen) atoms. The molecular weight excluding hydrogens is 164 g/mol. The topological polar surface area (TPSA) is 55.1 Å². The Labute approximate surface area is 76.9 Å². The van der Waals surface area contributed by atoms with Crippen molar-refractivity contribution in [2.75, 3.05) is 6.54 Å². The normalized spacial score (nSPS) is 20.8. The van der Waals surface area contributed by atoms with Crippen molar-refractivity contribution < 1.29 is 4.79 Å². The lowest BCUT2D eigenvalue weighted by Crippen LogP contribution is -2.35. The van der Waals surface area contributed by atoms with Crippen LogP contribution in [-0.4, -0.2) is 12.5 Å². The van der Waals surface area contributed by atoms with E-state index in [9.17, 15) is 4.79 Å². The first kappa shape index (κ1) is 8.26. The number of carbonyl (C=O) groups is 1. The molecule has 1 atom stereocenters. The minimum Gasteiger partial charge on any atom is -0.369 e. The monoisotopic (exact) mass is 176 g/mol. The van der Waals surface area contributed by atoms with Crippen LogP contribution in [0.25, 0.3) is 0 Å². The Morgan fingerprint density at radius 1 is 1.46 bits per heavy atom. The van der Waals surface area contributed by atoms with Gasteiger partial charge in [-0.25, -0.2) is 0 Å². The van der Waals surface area contributed by atoms with Crippen LogP contribution in [0.15, 0.2) is 24.3 Å². The average Bonchev–Trinajstić information content (AvgIpc) is 2.17. The highest BCUT2D eigenvalue weighted by molar-refractivity contribution is 5.83. The number of benzene rings is 1. The van der Waals surface area contributed by atoms with Crippen molar-refractivity contribution in [2.24, 2.45) is 5.73 Å². The molecule has 0 unspecified atom stereocenters. The van der Waals surface area contributed by atoms with Crippen molar-refractivity contribution in [3.63, 3.8) is 0 Å². The van der Waals surface area contributed by atoms with Crippen LogP contribution in [-0.2, 0) is 11.3 Å². The third-order valence-corrected chi connectivity index (χ3v) is 2.44. The predicted octanol–water partition coefficient (Wildman–Crippen LogP) is 0.359. The zero-order valence-corrected chi connectivity index (χ0v) is 7.29. The maximum atomic E-state index is 11.1. The second kappa shape index (κ2) is 3.18. The van der Waals surface area contributed by atoms with Gasteiger partial charge in [0.05, 0.1) is 5.92 Å². The SMILES string of the molecule is NC(=O)[C@@H]1CNCc2ccccc21. The van der Waals surface area contributed by atoms with E-state index in [0.717, 1.165) is 12.1 Å². The van der Waals surface area contributed by atoms with Crippen LogP contribution in [0.1, 0.15) is 17.0 Å². The fourth-order valence-corrected chi connectivity index (χ4v) is 1.75. The average molecular weight is 176 g/mol. The maximum Gasteiger partial charge on any atom is 0.226 e. The molecule has 0 spiro atoms. The molecular formula is C10H12N2O. The summed E-state index contributed by atoms with van der Waals surface area (Å²) >= 11 is 0. The Morgan fingerprint density at radius 3 is 3.00 bits per heavy atom. The zero-order valence-electron chi connectivity index (χ0n) is 7.29. The van der Waals surface area contributed by atoms with Gasteiger partial charge in [0, 0.05) is 13.1 Å². The Balaban J connectivity index is 2.42. The molecule has 2 rings (SSSR count). The third-order valence-electron chi connectivity index (χ3n) is 2.44. The van der Waals surface area contributed by atoms with Crippen LogP contribution in [0.3, 0.4) is 0 Å². The van der Waals surface area contributed by atoms with Gasteiger partial charge in [-0.15, -0.1) is 0 Å². The van der Waals surface area contributed by atoms with Crippen LogP contribution >= 0.6 is 0 Å². The zero-order chi connectivity index (χ0) is 9.26. The quantitative estimate of drug-likeness (QED) is 0.649. The van der Waals surface area contributed by atoms with Crippen molar-refractivity contribution >= 4 is 5.91 Å². The largest absolute Gasteiger partial charge is 0.369 e. The van der Waals surface area contributed by atoms with E-state index in [-0.39, 0.29) is 11.8 Å². The Hall–Kier alpha value is -1.35. The maximum absolute atomic E-state index is 11.1. The van der Waals surface area contributed by atoms with Crippen molar-refractivity contribution in [2.45, 2.75) is 12.5 Å². The Morgan fingerprint density at radius 2 is 2.23 bits per heavy atom. The van der Waals surface area contributed by atoms with Gasteiger partial charge in [0.25, 0.3) is 0 Å². The third kappa shape index (κ3) is 1.42. The van der Waals surface area contributed by atoms with E-state index in [4.69, 9.17) is 5.73 Å². The van der Waals surface area contributed by atoms with Gasteiger partial charge < -0.3 is 11.1 Å². The number of hydrogen-bond acceptors (Lipinski definition) is 2. The van der Waals surface area contributed by atoms with Gasteiger partial charge >= 0.3 is 0 Å². The lowest BCUT2D eigenvalue weighted by atomic mass is 9.90. The number of amides is 1. The number of hydrogen-bond donors (Lipinski definition) is 2. The number of nitrogens with one attached hydrogen (secondary N) is 1. The summed E-state index contributed by atoms with van der Waals surface area (Å²) in [5.74, 6) is -0.412. The molecule has 1 heterocycles. The summed E-state index contributed by atoms with van der Waals surface area (Å²) in [5, 5.41) is 3.17. The molecule has 0 aliphatic carbocycles. The van der Waals surface area contributed by atoms with Gasteiger partial charge in [-0.3, -0.25) is 4.79 Å². The van der Waals surface area contributed by atoms with Gasteiger partial charge in [-0.05, 0) is 11.1 Å². The molecule has 1 amide bonds. The lowest BCUT2D eigenvalue weighted by Gasteiger charge is -2.23. The minimum absolute atomic E-state index is 0.162. The van der Waals surface area contributed by atoms with Crippen LogP contribution in [0.5, 0.6) is 0 Å². The lowest BCUT2D eigenvalue weighted by molar-refractivity contribution is -0.119. The molecule has 68 valence electrons. The summed E-state index contributed by atoms with van der Waals surface area (Å²) in [4.78, 5) is 11.1. The molecule has 1 aromatic rings. The first-order valence-electron chi connectivity index (χ1n) is 4.37. The molecule has 1 aromatic carbocycles. The van der Waals surface area contributed by atoms with Gasteiger partial charge in [0.15, 0.2) is 0 Å². The molecule has 3 heteroatoms. The first-order valence-corrected chi connectivity index (χ1v) is 4.37. The highest BCUT2D eigenvalue weighted by Gasteiger charge is 2.23. The first-order chi connectivity index (χ1) is 6.29. The van der Waals surface area contributed by atoms with Gasteiger partial charge in [-0.1, -0.05) is 24.3 Å². The molecule has 0 fully saturated rings. The summed E-state index contributed by atoms with van der Waals surface area (Å²) in [6.07, 6.45) is 0. The van der Waals surface area contributed by atoms with E-state index < -0.39 is 0 Å². The molecule has 3 nitrogen and oxygen atoms in total. The minimum atomic E-state index is -0.250. The van der Waals surface area contributed by atoms with E-state index >= 15 is 0 Å². The highest BCUT2D eigenvalue weighted by atomic mass is 16.1. The van der Waals surface area contributed by atoms with Gasteiger partial charge in [0.1, 0.15) is 0 Å². The number of primary amides is 1. The van der Waals surface area contributed by atoms with Crippen molar-refractivity contribution in [3.05, 3.63) is 35.4 Å². The van der Waals surface area contributed by atoms with Gasteiger partial charge in [-0.2, -0.15) is 0 Å². The van der Waals surface area contributed by atoms with Crippen LogP contribution in [0.2, 0.25) is 0 Å². The van der Waals surface area contributed by atoms with Crippen LogP contribution in [0, 0.1) is 0 Å². The molecule has 1 aliphatic heterocycles. The Bertz CT molecular complexity index is 335. The number of rotatable bonds is 1. The van der Waals surface area contributed by atoms with E-state index in [0.29, 0.717) is 6.54 Å². The Kier molecular flexibility index (Phi) is 2.02. The van der Waals surface area contributed by atoms with E-state index in [2.05, 4.69) is 5.32 Å². The molecule has 3 N–H and O–H groups in total. The molecule has 0 saturated carbocycles. The summed E-state index contributed by atoms with van der Waals surface area (Å²) in [5.41, 5.74) is 7.56. The van der Waals surface area contributed by atoms with E-state index in [1.54, 1.807) is 0 Å². The van der Waals surface area contributed by atoms with Crippen LogP contribution < -0.4 is 11.1 Å². The van der Waals surface area contributed by atoms with E-state index in [1.165, 1.54) is 5.56 Å². The van der Waals surface area contributed by atoms with Crippen molar-refractivity contribution in [1.29, 1.82) is 0 Å². The highest BCUT2D eigenvalue weighted by Crippen LogP contribution is 2.22. The fraction of sp³-hybridized carbons (Fsp3) is 0.300. The summed E-state index contributed by atoms with van der Waals surface area (Å²) in [6.45, 7) is 1.49. The second-order valence-corrected chi connectivity index (χ2v) is 3.28. The summed E-state index contributed by atoms with van der Waals surface area (Å²) < 4.78 is 0. The second-order valence-electron chi connectivity index (χ2n) is 3.28. The van der Waals surface area contributed by atoms with Crippen molar-refractivity contribution in [3.8, 4) is 0 Å². The number of fused-ring (bicyclic) bond motifs is 1. The predicted molar refractivity (Wildman–Crippen MR) is 50.1 cm³/mol. The standard InChI is InChI=1S/C10H12N2O/c11-10(13)9-6-12-5-7-3-1-2-4-8(7)9/h1-4,9,12H,5-6H2,(H2,11,13)/t9-/m1/s1. The molecule has 0 aromatic heterocycles. The summed E-state index contributed by atoms with van der Waals surface area (Å²) in [7, 11) is 0. The number of carbonyl (C=O) groups excluding carboxylic acids is 1. The van der Waals surface area contributed by atoms with Gasteiger partial charge in [0.2, 0.25) is 5.91 Å². The van der Waals surface area contributed by atoms with Crippen molar-refractivity contribution in [1.82, 2.24) is 5.32 Å². The molecule has 0 radical (unpaired) electrons. The smallest absolute Gasteiger partial charge is 0.226 e. The fourth-order valence-electron chi connectivity index (χ4n) is 1.75. The molecule has 0 saturated heterocycles. The van der Waals surface area contributed by atoms with E-state index in [1.807, 2.05) is 24.3 Å². The van der Waals surface area contributed by atoms with Crippen LogP contribution in [0.4, 0.5) is 0 Å².